The van der Waals surface area contributed by atoms with Gasteiger partial charge in [0, 0.05) is 5.56 Å². The quantitative estimate of drug-likeness (QED) is 0.618. The summed E-state index contributed by atoms with van der Waals surface area (Å²) in [5, 5.41) is 20.7. The zero-order chi connectivity index (χ0) is 18.6. The molecule has 26 heavy (non-hydrogen) atoms. The van der Waals surface area contributed by atoms with Crippen molar-refractivity contribution in [1.82, 2.24) is 20.2 Å². The number of nitriles is 1. The van der Waals surface area contributed by atoms with Gasteiger partial charge in [0.05, 0.1) is 11.3 Å². The third-order valence-corrected chi connectivity index (χ3v) is 5.69. The highest BCUT2D eigenvalue weighted by molar-refractivity contribution is 8.00. The topological polar surface area (TPSA) is 110 Å². The van der Waals surface area contributed by atoms with Gasteiger partial charge < -0.3 is 11.2 Å². The fourth-order valence-electron chi connectivity index (χ4n) is 3.11. The van der Waals surface area contributed by atoms with Crippen molar-refractivity contribution >= 4 is 17.7 Å². The Morgan fingerprint density at radius 2 is 2.00 bits per heavy atom. The van der Waals surface area contributed by atoms with E-state index in [9.17, 15) is 10.1 Å². The van der Waals surface area contributed by atoms with Crippen molar-refractivity contribution in [3.05, 3.63) is 30.3 Å². The van der Waals surface area contributed by atoms with Crippen molar-refractivity contribution in [2.24, 2.45) is 0 Å². The molecule has 1 heterocycles. The molecule has 3 N–H and O–H groups in total. The Bertz CT molecular complexity index is 807. The molecule has 0 unspecified atom stereocenters. The number of nitrogens with one attached hydrogen (secondary N) is 1. The van der Waals surface area contributed by atoms with Gasteiger partial charge >= 0.3 is 0 Å². The van der Waals surface area contributed by atoms with Crippen LogP contribution in [-0.4, -0.2) is 31.6 Å². The first-order chi connectivity index (χ1) is 12.5. The Labute approximate surface area is 156 Å². The number of benzene rings is 1. The van der Waals surface area contributed by atoms with Crippen LogP contribution in [0.3, 0.4) is 0 Å². The molecule has 1 saturated carbocycles. The molecule has 0 bridgehead atoms. The Morgan fingerprint density at radius 1 is 1.31 bits per heavy atom. The second kappa shape index (κ2) is 7.79. The molecule has 2 aromatic rings. The highest BCUT2D eigenvalue weighted by Crippen LogP contribution is 2.29. The summed E-state index contributed by atoms with van der Waals surface area (Å²) in [7, 11) is 0. The van der Waals surface area contributed by atoms with Gasteiger partial charge in [-0.05, 0) is 19.8 Å². The minimum atomic E-state index is -0.740. The van der Waals surface area contributed by atoms with Crippen LogP contribution in [0.1, 0.15) is 39.0 Å². The highest BCUT2D eigenvalue weighted by atomic mass is 32.2. The molecule has 3 rings (SSSR count). The second-order valence-corrected chi connectivity index (χ2v) is 7.85. The average molecular weight is 370 g/mol. The van der Waals surface area contributed by atoms with Crippen molar-refractivity contribution < 1.29 is 4.79 Å². The van der Waals surface area contributed by atoms with E-state index in [1.807, 2.05) is 30.3 Å². The van der Waals surface area contributed by atoms with Crippen LogP contribution in [-0.2, 0) is 4.79 Å². The summed E-state index contributed by atoms with van der Waals surface area (Å²) in [6.45, 7) is 1.78. The monoisotopic (exact) mass is 370 g/mol. The summed E-state index contributed by atoms with van der Waals surface area (Å²) < 4.78 is 1.39. The molecule has 8 heteroatoms. The summed E-state index contributed by atoms with van der Waals surface area (Å²) in [6, 6.07) is 11.8. The number of carbonyl (C=O) groups excluding carboxylic acids is 1. The molecule has 0 radical (unpaired) electrons. The fraction of sp³-hybridized carbons (Fsp3) is 0.444. The predicted octanol–water partition coefficient (Wildman–Crippen LogP) is 2.48. The van der Waals surface area contributed by atoms with Crippen LogP contribution in [0.15, 0.2) is 35.5 Å². The van der Waals surface area contributed by atoms with Crippen molar-refractivity contribution in [2.45, 2.75) is 55.0 Å². The highest BCUT2D eigenvalue weighted by Gasteiger charge is 2.35. The molecule has 0 spiro atoms. The summed E-state index contributed by atoms with van der Waals surface area (Å²) in [6.07, 6.45) is 4.46. The summed E-state index contributed by atoms with van der Waals surface area (Å²) in [4.78, 5) is 12.6. The summed E-state index contributed by atoms with van der Waals surface area (Å²) >= 11 is 1.23. The van der Waals surface area contributed by atoms with Gasteiger partial charge in [0.15, 0.2) is 5.82 Å². The van der Waals surface area contributed by atoms with Crippen LogP contribution in [0, 0.1) is 11.3 Å². The van der Waals surface area contributed by atoms with E-state index in [1.165, 1.54) is 16.4 Å². The summed E-state index contributed by atoms with van der Waals surface area (Å²) in [5.74, 6) is 6.47. The van der Waals surface area contributed by atoms with E-state index in [2.05, 4.69) is 21.6 Å². The molecule has 1 aliphatic carbocycles. The molecule has 7 nitrogen and oxygen atoms in total. The average Bonchev–Trinajstić information content (AvgIpc) is 3.03. The lowest BCUT2D eigenvalue weighted by Crippen LogP contribution is -2.51. The molecule has 1 aliphatic rings. The largest absolute Gasteiger partial charge is 0.337 e. The van der Waals surface area contributed by atoms with E-state index < -0.39 is 10.8 Å². The van der Waals surface area contributed by atoms with Gasteiger partial charge in [-0.1, -0.05) is 61.4 Å². The first kappa shape index (κ1) is 18.3. The zero-order valence-corrected chi connectivity index (χ0v) is 15.5. The first-order valence-corrected chi connectivity index (χ1v) is 9.58. The molecular formula is C18H22N6OS. The van der Waals surface area contributed by atoms with Crippen LogP contribution >= 0.6 is 11.8 Å². The van der Waals surface area contributed by atoms with E-state index in [1.54, 1.807) is 6.92 Å². The van der Waals surface area contributed by atoms with E-state index in [0.717, 1.165) is 24.8 Å². The first-order valence-electron chi connectivity index (χ1n) is 8.70. The Hall–Kier alpha value is -2.53. The van der Waals surface area contributed by atoms with E-state index >= 15 is 0 Å². The maximum Gasteiger partial charge on any atom is 0.234 e. The van der Waals surface area contributed by atoms with Crippen molar-refractivity contribution in [3.63, 3.8) is 0 Å². The lowest BCUT2D eigenvalue weighted by atomic mass is 9.83. The number of rotatable bonds is 5. The van der Waals surface area contributed by atoms with E-state index in [4.69, 9.17) is 5.84 Å². The number of aromatic nitrogens is 3. The van der Waals surface area contributed by atoms with Gasteiger partial charge in [0.25, 0.3) is 0 Å². The number of amides is 1. The maximum atomic E-state index is 12.6. The molecule has 0 aliphatic heterocycles. The Balaban J connectivity index is 1.68. The van der Waals surface area contributed by atoms with Crippen LogP contribution in [0.2, 0.25) is 0 Å². The van der Waals surface area contributed by atoms with Crippen LogP contribution in [0.25, 0.3) is 11.4 Å². The standard InChI is InChI=1S/C18H22N6OS/c1-13(16(25)21-18(12-19)10-6-3-7-11-18)26-17-23-22-15(24(17)20)14-8-4-2-5-9-14/h2,4-5,8-9,13H,3,6-7,10-11,20H2,1H3,(H,21,25)/t13-/m0/s1. The number of thioether (sulfide) groups is 1. The Kier molecular flexibility index (Phi) is 5.47. The fourth-order valence-corrected chi connectivity index (χ4v) is 3.88. The molecular weight excluding hydrogens is 348 g/mol. The number of nitrogens with two attached hydrogens (primary N) is 1. The van der Waals surface area contributed by atoms with Gasteiger partial charge in [0.1, 0.15) is 5.54 Å². The van der Waals surface area contributed by atoms with Crippen LogP contribution in [0.5, 0.6) is 0 Å². The molecule has 1 fully saturated rings. The Morgan fingerprint density at radius 3 is 2.65 bits per heavy atom. The number of nitrogens with zero attached hydrogens (tertiary/aromatic N) is 4. The zero-order valence-electron chi connectivity index (χ0n) is 14.7. The van der Waals surface area contributed by atoms with Gasteiger partial charge in [-0.3, -0.25) is 4.79 Å². The third kappa shape index (κ3) is 3.83. The molecule has 136 valence electrons. The van der Waals surface area contributed by atoms with E-state index in [0.29, 0.717) is 23.8 Å². The number of hydrogen-bond donors (Lipinski definition) is 2. The number of carbonyl (C=O) groups is 1. The van der Waals surface area contributed by atoms with Crippen molar-refractivity contribution in [2.75, 3.05) is 5.84 Å². The normalized spacial score (nSPS) is 17.2. The van der Waals surface area contributed by atoms with Gasteiger partial charge in [-0.25, -0.2) is 4.68 Å². The molecule has 0 saturated heterocycles. The minimum absolute atomic E-state index is 0.178. The SMILES string of the molecule is C[C@H](Sc1nnc(-c2ccccc2)n1N)C(=O)NC1(C#N)CCCCC1. The molecule has 1 aromatic heterocycles. The van der Waals surface area contributed by atoms with Crippen LogP contribution in [0.4, 0.5) is 0 Å². The van der Waals surface area contributed by atoms with Gasteiger partial charge in [0.2, 0.25) is 11.1 Å². The smallest absolute Gasteiger partial charge is 0.234 e. The number of nitrogen functional groups attached to an aromatic ring is 1. The molecule has 1 aromatic carbocycles. The lowest BCUT2D eigenvalue weighted by Gasteiger charge is -2.32. The van der Waals surface area contributed by atoms with Gasteiger partial charge in [-0.2, -0.15) is 5.26 Å². The number of hydrogen-bond acceptors (Lipinski definition) is 6. The summed E-state index contributed by atoms with van der Waals surface area (Å²) in [5.41, 5.74) is 0.118. The van der Waals surface area contributed by atoms with Gasteiger partial charge in [-0.15, -0.1) is 10.2 Å². The van der Waals surface area contributed by atoms with Crippen molar-refractivity contribution in [3.8, 4) is 17.5 Å². The maximum absolute atomic E-state index is 12.6. The second-order valence-electron chi connectivity index (χ2n) is 6.55. The van der Waals surface area contributed by atoms with Crippen molar-refractivity contribution in [1.29, 1.82) is 5.26 Å². The lowest BCUT2D eigenvalue weighted by molar-refractivity contribution is -0.121. The predicted molar refractivity (Wildman–Crippen MR) is 100 cm³/mol. The van der Waals surface area contributed by atoms with Crippen LogP contribution < -0.4 is 11.2 Å². The molecule has 1 amide bonds. The third-order valence-electron chi connectivity index (χ3n) is 4.63. The molecule has 1 atom stereocenters. The van der Waals surface area contributed by atoms with E-state index in [-0.39, 0.29) is 5.91 Å². The minimum Gasteiger partial charge on any atom is -0.337 e.